The van der Waals surface area contributed by atoms with Crippen molar-refractivity contribution in [1.29, 1.82) is 0 Å². The van der Waals surface area contributed by atoms with Gasteiger partial charge in [-0.1, -0.05) is 43.0 Å². The highest BCUT2D eigenvalue weighted by Gasteiger charge is 2.36. The van der Waals surface area contributed by atoms with E-state index in [1.54, 1.807) is 6.07 Å². The second-order valence-electron chi connectivity index (χ2n) is 4.50. The lowest BCUT2D eigenvalue weighted by atomic mass is 9.93. The fraction of sp³-hybridized carbons (Fsp3) is 0.0625. The van der Waals surface area contributed by atoms with Crippen molar-refractivity contribution in [2.24, 2.45) is 0 Å². The second kappa shape index (κ2) is 5.63. The Bertz CT molecular complexity index is 734. The quantitative estimate of drug-likeness (QED) is 0.664. The van der Waals surface area contributed by atoms with E-state index < -0.39 is 40.2 Å². The lowest BCUT2D eigenvalue weighted by Gasteiger charge is -2.16. The van der Waals surface area contributed by atoms with Crippen molar-refractivity contribution in [3.63, 3.8) is 0 Å². The molecule has 2 aromatic carbocycles. The molecule has 0 unspecified atom stereocenters. The average Bonchev–Trinajstić information content (AvgIpc) is 2.46. The zero-order chi connectivity index (χ0) is 16.5. The summed E-state index contributed by atoms with van der Waals surface area (Å²) in [6.45, 7) is 3.19. The average molecular weight is 310 g/mol. The minimum atomic E-state index is -4.77. The maximum absolute atomic E-state index is 14.5. The summed E-state index contributed by atoms with van der Waals surface area (Å²) in [5.41, 5.74) is -2.93. The highest BCUT2D eigenvalue weighted by molar-refractivity contribution is 6.14. The van der Waals surface area contributed by atoms with Crippen LogP contribution in [0.4, 0.5) is 17.6 Å². The first-order valence-electron chi connectivity index (χ1n) is 6.11. The van der Waals surface area contributed by atoms with Gasteiger partial charge >= 0.3 is 12.1 Å². The third-order valence-corrected chi connectivity index (χ3v) is 3.09. The van der Waals surface area contributed by atoms with Crippen LogP contribution in [0.25, 0.3) is 16.7 Å². The first-order chi connectivity index (χ1) is 10.2. The molecule has 0 aromatic heterocycles. The Morgan fingerprint density at radius 3 is 2.14 bits per heavy atom. The van der Waals surface area contributed by atoms with Crippen molar-refractivity contribution in [3.8, 4) is 11.1 Å². The number of carboxylic acids is 1. The molecule has 114 valence electrons. The van der Waals surface area contributed by atoms with Gasteiger partial charge in [-0.05, 0) is 11.6 Å². The van der Waals surface area contributed by atoms with Gasteiger partial charge in [-0.3, -0.25) is 0 Å². The molecule has 0 atom stereocenters. The molecular weight excluding hydrogens is 300 g/mol. The van der Waals surface area contributed by atoms with E-state index in [9.17, 15) is 22.4 Å². The summed E-state index contributed by atoms with van der Waals surface area (Å²) >= 11 is 0. The molecule has 0 bridgehead atoms. The lowest BCUT2D eigenvalue weighted by Crippen LogP contribution is -2.11. The van der Waals surface area contributed by atoms with E-state index >= 15 is 0 Å². The summed E-state index contributed by atoms with van der Waals surface area (Å²) in [6.07, 6.45) is -4.77. The number of carbonyl (C=O) groups is 1. The number of alkyl halides is 3. The summed E-state index contributed by atoms with van der Waals surface area (Å²) in [6, 6.07) is 8.59. The van der Waals surface area contributed by atoms with Gasteiger partial charge in [0.2, 0.25) is 0 Å². The monoisotopic (exact) mass is 310 g/mol. The van der Waals surface area contributed by atoms with Gasteiger partial charge in [-0.2, -0.15) is 13.2 Å². The number of benzene rings is 2. The van der Waals surface area contributed by atoms with E-state index in [2.05, 4.69) is 6.58 Å². The maximum atomic E-state index is 14.5. The fourth-order valence-electron chi connectivity index (χ4n) is 2.05. The van der Waals surface area contributed by atoms with Crippen LogP contribution in [-0.2, 0) is 11.0 Å². The molecule has 0 saturated carbocycles. The third-order valence-electron chi connectivity index (χ3n) is 3.09. The van der Waals surface area contributed by atoms with Crippen LogP contribution in [0.5, 0.6) is 0 Å². The van der Waals surface area contributed by atoms with Crippen LogP contribution in [-0.4, -0.2) is 11.1 Å². The number of halogens is 4. The summed E-state index contributed by atoms with van der Waals surface area (Å²) in [7, 11) is 0. The van der Waals surface area contributed by atoms with Gasteiger partial charge in [0.05, 0.1) is 11.1 Å². The first kappa shape index (κ1) is 15.8. The number of aliphatic carboxylic acids is 1. The predicted octanol–water partition coefficient (Wildman–Crippen LogP) is 4.61. The van der Waals surface area contributed by atoms with Gasteiger partial charge in [0.15, 0.2) is 0 Å². The number of hydrogen-bond acceptors (Lipinski definition) is 1. The Morgan fingerprint density at radius 2 is 1.64 bits per heavy atom. The number of carboxylic acid groups (broad SMARTS) is 1. The first-order valence-corrected chi connectivity index (χ1v) is 6.11. The molecule has 0 radical (unpaired) electrons. The normalized spacial score (nSPS) is 11.3. The van der Waals surface area contributed by atoms with Crippen LogP contribution in [0, 0.1) is 5.82 Å². The van der Waals surface area contributed by atoms with E-state index in [1.807, 2.05) is 0 Å². The molecule has 0 aliphatic carbocycles. The molecule has 0 fully saturated rings. The van der Waals surface area contributed by atoms with Crippen molar-refractivity contribution in [1.82, 2.24) is 0 Å². The van der Waals surface area contributed by atoms with Crippen LogP contribution in [0.1, 0.15) is 11.1 Å². The van der Waals surface area contributed by atoms with E-state index in [0.717, 1.165) is 6.07 Å². The fourth-order valence-corrected chi connectivity index (χ4v) is 2.05. The number of hydrogen-bond donors (Lipinski definition) is 1. The van der Waals surface area contributed by atoms with E-state index in [0.29, 0.717) is 6.07 Å². The highest BCUT2D eigenvalue weighted by Crippen LogP contribution is 2.40. The van der Waals surface area contributed by atoms with Crippen LogP contribution < -0.4 is 0 Å². The van der Waals surface area contributed by atoms with Gasteiger partial charge in [0.1, 0.15) is 5.82 Å². The highest BCUT2D eigenvalue weighted by atomic mass is 19.4. The second-order valence-corrected chi connectivity index (χ2v) is 4.50. The van der Waals surface area contributed by atoms with Crippen LogP contribution in [0.2, 0.25) is 0 Å². The van der Waals surface area contributed by atoms with Crippen molar-refractivity contribution in [3.05, 3.63) is 66.0 Å². The molecule has 1 N–H and O–H groups in total. The summed E-state index contributed by atoms with van der Waals surface area (Å²) in [5, 5.41) is 8.86. The molecule has 2 aromatic rings. The third kappa shape index (κ3) is 2.86. The Kier molecular flexibility index (Phi) is 4.03. The van der Waals surface area contributed by atoms with Crippen LogP contribution in [0.15, 0.2) is 49.0 Å². The Morgan fingerprint density at radius 1 is 1.05 bits per heavy atom. The van der Waals surface area contributed by atoms with Gasteiger partial charge in [-0.25, -0.2) is 9.18 Å². The van der Waals surface area contributed by atoms with Crippen LogP contribution >= 0.6 is 0 Å². The smallest absolute Gasteiger partial charge is 0.417 e. The molecule has 0 saturated heterocycles. The summed E-state index contributed by atoms with van der Waals surface area (Å²) < 4.78 is 53.8. The molecule has 0 spiro atoms. The van der Waals surface area contributed by atoms with Crippen LogP contribution in [0.3, 0.4) is 0 Å². The lowest BCUT2D eigenvalue weighted by molar-refractivity contribution is -0.137. The van der Waals surface area contributed by atoms with E-state index in [4.69, 9.17) is 5.11 Å². The minimum absolute atomic E-state index is 0.00682. The molecule has 22 heavy (non-hydrogen) atoms. The number of rotatable bonds is 3. The molecule has 0 amide bonds. The molecule has 6 heteroatoms. The van der Waals surface area contributed by atoms with E-state index in [1.165, 1.54) is 24.3 Å². The molecule has 0 heterocycles. The molecule has 0 aliphatic rings. The van der Waals surface area contributed by atoms with E-state index in [-0.39, 0.29) is 5.56 Å². The SMILES string of the molecule is C=C(C(=O)O)c1ccc(C(F)(F)F)c(-c2ccccc2)c1F. The van der Waals surface area contributed by atoms with Crippen molar-refractivity contribution < 1.29 is 27.5 Å². The van der Waals surface area contributed by atoms with Crippen molar-refractivity contribution in [2.45, 2.75) is 6.18 Å². The zero-order valence-electron chi connectivity index (χ0n) is 11.1. The topological polar surface area (TPSA) is 37.3 Å². The van der Waals surface area contributed by atoms with Gasteiger partial charge < -0.3 is 5.11 Å². The summed E-state index contributed by atoms with van der Waals surface area (Å²) in [4.78, 5) is 10.9. The zero-order valence-corrected chi connectivity index (χ0v) is 11.1. The molecular formula is C16H10F4O2. The van der Waals surface area contributed by atoms with Gasteiger partial charge in [0, 0.05) is 11.1 Å². The predicted molar refractivity (Wildman–Crippen MR) is 73.5 cm³/mol. The molecule has 2 nitrogen and oxygen atoms in total. The Labute approximate surface area is 123 Å². The Balaban J connectivity index is 2.79. The van der Waals surface area contributed by atoms with Gasteiger partial charge in [0.25, 0.3) is 0 Å². The van der Waals surface area contributed by atoms with Crippen molar-refractivity contribution in [2.75, 3.05) is 0 Å². The standard InChI is InChI=1S/C16H10F4O2/c1-9(15(21)22)11-7-8-12(16(18,19)20)13(14(11)17)10-5-3-2-4-6-10/h2-8H,1H2,(H,21,22). The minimum Gasteiger partial charge on any atom is -0.478 e. The van der Waals surface area contributed by atoms with Gasteiger partial charge in [-0.15, -0.1) is 0 Å². The molecule has 2 rings (SSSR count). The Hall–Kier alpha value is -2.63. The van der Waals surface area contributed by atoms with Crippen molar-refractivity contribution >= 4 is 11.5 Å². The molecule has 0 aliphatic heterocycles. The maximum Gasteiger partial charge on any atom is 0.417 e. The summed E-state index contributed by atoms with van der Waals surface area (Å²) in [5.74, 6) is -2.76. The largest absolute Gasteiger partial charge is 0.478 e.